The molecule has 3 aromatic rings. The minimum Gasteiger partial charge on any atom is -0.494 e. The molecule has 9 nitrogen and oxygen atoms in total. The maximum Gasteiger partial charge on any atom is 0.267 e. The van der Waals surface area contributed by atoms with Crippen LogP contribution in [0, 0.1) is 0 Å². The number of rotatable bonds is 6. The molecule has 35 heavy (non-hydrogen) atoms. The zero-order valence-corrected chi connectivity index (χ0v) is 19.5. The molecule has 0 unspecified atom stereocenters. The van der Waals surface area contributed by atoms with Crippen molar-refractivity contribution in [2.75, 3.05) is 36.3 Å². The third kappa shape index (κ3) is 5.03. The number of carbonyl (C=O) groups is 3. The average Bonchev–Trinajstić information content (AvgIpc) is 2.88. The highest BCUT2D eigenvalue weighted by Crippen LogP contribution is 2.38. The lowest BCUT2D eigenvalue weighted by Crippen LogP contribution is -2.48. The molecule has 1 heterocycles. The Kier molecular flexibility index (Phi) is 6.86. The number of ether oxygens (including phenoxy) is 3. The summed E-state index contributed by atoms with van der Waals surface area (Å²) in [4.78, 5) is 39.4. The lowest BCUT2D eigenvalue weighted by atomic mass is 10.1. The number of nitrogens with zero attached hydrogens (tertiary/aromatic N) is 1. The van der Waals surface area contributed by atoms with Gasteiger partial charge < -0.3 is 29.7 Å². The van der Waals surface area contributed by atoms with E-state index in [1.54, 1.807) is 60.7 Å². The Hall–Kier alpha value is -4.53. The highest BCUT2D eigenvalue weighted by atomic mass is 16.5. The number of hydrogen-bond acceptors (Lipinski definition) is 6. The molecule has 2 N–H and O–H groups in total. The predicted octanol–water partition coefficient (Wildman–Crippen LogP) is 3.71. The first-order valence-electron chi connectivity index (χ1n) is 10.9. The van der Waals surface area contributed by atoms with Gasteiger partial charge in [-0.1, -0.05) is 30.3 Å². The Morgan fingerprint density at radius 2 is 1.49 bits per heavy atom. The van der Waals surface area contributed by atoms with E-state index >= 15 is 0 Å². The van der Waals surface area contributed by atoms with E-state index in [1.165, 1.54) is 26.0 Å². The zero-order chi connectivity index (χ0) is 24.9. The second kappa shape index (κ2) is 10.2. The first-order chi connectivity index (χ1) is 16.9. The first-order valence-corrected chi connectivity index (χ1v) is 10.9. The van der Waals surface area contributed by atoms with Crippen molar-refractivity contribution >= 4 is 34.8 Å². The number of fused-ring (bicyclic) bond motifs is 1. The fraction of sp³-hybridized carbons (Fsp3) is 0.192. The fourth-order valence-corrected chi connectivity index (χ4v) is 3.76. The number of para-hydroxylation sites is 2. The minimum absolute atomic E-state index is 0.0584. The van der Waals surface area contributed by atoms with Gasteiger partial charge in [-0.15, -0.1) is 0 Å². The van der Waals surface area contributed by atoms with Gasteiger partial charge in [-0.3, -0.25) is 14.4 Å². The van der Waals surface area contributed by atoms with Crippen LogP contribution in [-0.2, 0) is 9.59 Å². The summed E-state index contributed by atoms with van der Waals surface area (Å²) >= 11 is 0. The third-order valence-electron chi connectivity index (χ3n) is 5.51. The summed E-state index contributed by atoms with van der Waals surface area (Å²) in [5, 5.41) is 5.59. The van der Waals surface area contributed by atoms with Crippen LogP contribution in [0.4, 0.5) is 17.1 Å². The van der Waals surface area contributed by atoms with Crippen molar-refractivity contribution in [3.63, 3.8) is 0 Å². The number of anilines is 3. The molecule has 0 aromatic heterocycles. The van der Waals surface area contributed by atoms with Crippen molar-refractivity contribution in [3.05, 3.63) is 72.3 Å². The van der Waals surface area contributed by atoms with Gasteiger partial charge in [-0.25, -0.2) is 0 Å². The van der Waals surface area contributed by atoms with Gasteiger partial charge in [0, 0.05) is 24.6 Å². The summed E-state index contributed by atoms with van der Waals surface area (Å²) in [7, 11) is 2.91. The van der Waals surface area contributed by atoms with Gasteiger partial charge in [0.1, 0.15) is 17.2 Å². The Balaban J connectivity index is 1.56. The van der Waals surface area contributed by atoms with Crippen LogP contribution in [0.2, 0.25) is 0 Å². The molecule has 9 heteroatoms. The molecule has 0 aliphatic carbocycles. The molecule has 3 aromatic carbocycles. The van der Waals surface area contributed by atoms with Crippen LogP contribution in [0.3, 0.4) is 0 Å². The molecule has 1 aliphatic rings. The molecule has 1 aliphatic heterocycles. The maximum absolute atomic E-state index is 13.1. The van der Waals surface area contributed by atoms with E-state index < -0.39 is 12.0 Å². The van der Waals surface area contributed by atoms with Crippen LogP contribution in [0.1, 0.15) is 17.3 Å². The second-order valence-corrected chi connectivity index (χ2v) is 7.77. The third-order valence-corrected chi connectivity index (χ3v) is 5.51. The van der Waals surface area contributed by atoms with Crippen molar-refractivity contribution in [3.8, 4) is 17.2 Å². The molecule has 0 saturated heterocycles. The highest BCUT2D eigenvalue weighted by molar-refractivity contribution is 6.06. The van der Waals surface area contributed by atoms with Crippen molar-refractivity contribution in [1.29, 1.82) is 0 Å². The largest absolute Gasteiger partial charge is 0.494 e. The van der Waals surface area contributed by atoms with Crippen LogP contribution in [-0.4, -0.2) is 44.6 Å². The lowest BCUT2D eigenvalue weighted by Gasteiger charge is -2.33. The van der Waals surface area contributed by atoms with E-state index in [2.05, 4.69) is 10.6 Å². The van der Waals surface area contributed by atoms with Crippen LogP contribution in [0.5, 0.6) is 17.2 Å². The van der Waals surface area contributed by atoms with Gasteiger partial charge in [0.2, 0.25) is 5.91 Å². The van der Waals surface area contributed by atoms with E-state index in [1.807, 2.05) is 6.07 Å². The standard InChI is InChI=1S/C26H25N3O6/c1-16(30)29-15-24(35-21-12-8-7-11-20(21)29)26(32)28-19-14-22(33-2)18(13-23(19)34-3)27-25(31)17-9-5-4-6-10-17/h4-14,24H,15H2,1-3H3,(H,27,31)(H,28,32)/t24-/m1/s1. The van der Waals surface area contributed by atoms with Crippen LogP contribution < -0.4 is 29.7 Å². The van der Waals surface area contributed by atoms with E-state index in [9.17, 15) is 14.4 Å². The molecule has 0 radical (unpaired) electrons. The quantitative estimate of drug-likeness (QED) is 0.563. The molecular weight excluding hydrogens is 450 g/mol. The van der Waals surface area contributed by atoms with Gasteiger partial charge >= 0.3 is 0 Å². The zero-order valence-electron chi connectivity index (χ0n) is 19.5. The smallest absolute Gasteiger partial charge is 0.267 e. The normalized spacial score (nSPS) is 14.3. The summed E-state index contributed by atoms with van der Waals surface area (Å²) in [6, 6.07) is 18.9. The summed E-state index contributed by atoms with van der Waals surface area (Å²) in [5.74, 6) is 0.0928. The molecular formula is C26H25N3O6. The summed E-state index contributed by atoms with van der Waals surface area (Å²) in [5.41, 5.74) is 1.79. The Bertz CT molecular complexity index is 1260. The number of hydrogen-bond donors (Lipinski definition) is 2. The van der Waals surface area contributed by atoms with Gasteiger partial charge in [-0.05, 0) is 24.3 Å². The fourth-order valence-electron chi connectivity index (χ4n) is 3.76. The predicted molar refractivity (Wildman–Crippen MR) is 131 cm³/mol. The molecule has 0 fully saturated rings. The Morgan fingerprint density at radius 1 is 0.886 bits per heavy atom. The summed E-state index contributed by atoms with van der Waals surface area (Å²) in [6.07, 6.45) is -0.943. The van der Waals surface area contributed by atoms with E-state index in [-0.39, 0.29) is 18.4 Å². The number of nitrogens with one attached hydrogen (secondary N) is 2. The highest BCUT2D eigenvalue weighted by Gasteiger charge is 2.33. The van der Waals surface area contributed by atoms with Crippen LogP contribution in [0.25, 0.3) is 0 Å². The van der Waals surface area contributed by atoms with Gasteiger partial charge in [0.25, 0.3) is 11.8 Å². The summed E-state index contributed by atoms with van der Waals surface area (Å²) in [6.45, 7) is 1.50. The van der Waals surface area contributed by atoms with Crippen molar-refractivity contribution in [1.82, 2.24) is 0 Å². The minimum atomic E-state index is -0.943. The molecule has 0 spiro atoms. The summed E-state index contributed by atoms with van der Waals surface area (Å²) < 4.78 is 16.8. The van der Waals surface area contributed by atoms with Crippen LogP contribution in [0.15, 0.2) is 66.7 Å². The van der Waals surface area contributed by atoms with Gasteiger partial charge in [0.15, 0.2) is 6.10 Å². The number of carbonyl (C=O) groups excluding carboxylic acids is 3. The monoisotopic (exact) mass is 475 g/mol. The SMILES string of the molecule is COc1cc(NC(=O)[C@H]2CN(C(C)=O)c3ccccc3O2)c(OC)cc1NC(=O)c1ccccc1. The Labute approximate surface area is 202 Å². The molecule has 4 rings (SSSR count). The lowest BCUT2D eigenvalue weighted by molar-refractivity contribution is -0.123. The Morgan fingerprint density at radius 3 is 2.11 bits per heavy atom. The van der Waals surface area contributed by atoms with E-state index in [0.717, 1.165) is 0 Å². The van der Waals surface area contributed by atoms with Gasteiger partial charge in [-0.2, -0.15) is 0 Å². The van der Waals surface area contributed by atoms with E-state index in [0.29, 0.717) is 39.9 Å². The number of methoxy groups -OCH3 is 2. The molecule has 3 amide bonds. The number of amides is 3. The molecule has 0 saturated carbocycles. The maximum atomic E-state index is 13.1. The second-order valence-electron chi connectivity index (χ2n) is 7.77. The van der Waals surface area contributed by atoms with Gasteiger partial charge in [0.05, 0.1) is 37.8 Å². The molecule has 0 bridgehead atoms. The van der Waals surface area contributed by atoms with E-state index in [4.69, 9.17) is 14.2 Å². The van der Waals surface area contributed by atoms with Crippen molar-refractivity contribution in [2.45, 2.75) is 13.0 Å². The van der Waals surface area contributed by atoms with Crippen LogP contribution >= 0.6 is 0 Å². The molecule has 180 valence electrons. The first kappa shape index (κ1) is 23.6. The average molecular weight is 476 g/mol. The van der Waals surface area contributed by atoms with Crippen molar-refractivity contribution in [2.24, 2.45) is 0 Å². The topological polar surface area (TPSA) is 106 Å². The van der Waals surface area contributed by atoms with Crippen molar-refractivity contribution < 1.29 is 28.6 Å². The number of benzene rings is 3. The molecule has 1 atom stereocenters.